The summed E-state index contributed by atoms with van der Waals surface area (Å²) < 4.78 is 30.0. The smallest absolute Gasteiger partial charge is 0.214 e. The van der Waals surface area contributed by atoms with Crippen molar-refractivity contribution in [2.75, 3.05) is 25.6 Å². The summed E-state index contributed by atoms with van der Waals surface area (Å²) in [5.41, 5.74) is 0. The number of sulfonamides is 1. The Morgan fingerprint density at radius 1 is 1.43 bits per heavy atom. The van der Waals surface area contributed by atoms with Crippen LogP contribution in [-0.2, 0) is 14.8 Å². The Balaban J connectivity index is 3.93. The lowest BCUT2D eigenvalue weighted by Gasteiger charge is -2.13. The highest BCUT2D eigenvalue weighted by Gasteiger charge is 2.15. The second kappa shape index (κ2) is 7.17. The predicted octanol–water partition coefficient (Wildman–Crippen LogP) is -0.287. The van der Waals surface area contributed by atoms with E-state index >= 15 is 0 Å². The molecule has 0 aliphatic carbocycles. The molecule has 0 rings (SSSR count). The Hall–Kier alpha value is -0.170. The molecule has 0 aromatic rings. The number of hydrogen-bond donors (Lipinski definition) is 2. The molecule has 0 heterocycles. The quantitative estimate of drug-likeness (QED) is 0.557. The minimum atomic E-state index is -3.31. The number of aliphatic hydroxyl groups is 1. The van der Waals surface area contributed by atoms with Gasteiger partial charge in [-0.05, 0) is 13.3 Å². The van der Waals surface area contributed by atoms with Crippen molar-refractivity contribution in [3.63, 3.8) is 0 Å². The molecule has 0 spiro atoms. The van der Waals surface area contributed by atoms with Gasteiger partial charge in [0.05, 0.1) is 19.0 Å². The molecule has 0 unspecified atom stereocenters. The van der Waals surface area contributed by atoms with Crippen molar-refractivity contribution in [3.05, 3.63) is 0 Å². The van der Waals surface area contributed by atoms with Gasteiger partial charge >= 0.3 is 0 Å². The summed E-state index contributed by atoms with van der Waals surface area (Å²) in [6.07, 6.45) is 0.574. The van der Waals surface area contributed by atoms with Crippen LogP contribution in [0.3, 0.4) is 0 Å². The van der Waals surface area contributed by atoms with Crippen molar-refractivity contribution in [2.24, 2.45) is 0 Å². The van der Waals surface area contributed by atoms with Crippen LogP contribution >= 0.6 is 0 Å². The molecular weight excluding hydrogens is 206 g/mol. The highest BCUT2D eigenvalue weighted by molar-refractivity contribution is 7.89. The summed E-state index contributed by atoms with van der Waals surface area (Å²) >= 11 is 0. The van der Waals surface area contributed by atoms with Crippen LogP contribution in [0.2, 0.25) is 0 Å². The fourth-order valence-corrected chi connectivity index (χ4v) is 2.08. The summed E-state index contributed by atoms with van der Waals surface area (Å²) in [6, 6.07) is -0.387. The molecule has 14 heavy (non-hydrogen) atoms. The van der Waals surface area contributed by atoms with Crippen LogP contribution in [0.25, 0.3) is 0 Å². The monoisotopic (exact) mass is 225 g/mol. The van der Waals surface area contributed by atoms with Crippen molar-refractivity contribution in [1.29, 1.82) is 0 Å². The zero-order chi connectivity index (χ0) is 11.0. The van der Waals surface area contributed by atoms with Crippen LogP contribution < -0.4 is 4.72 Å². The molecule has 0 amide bonds. The SMILES string of the molecule is CCOCCS(=O)(=O)N[C@@H](CC)CO. The molecule has 1 atom stereocenters. The van der Waals surface area contributed by atoms with Gasteiger partial charge in [-0.1, -0.05) is 6.92 Å². The zero-order valence-electron chi connectivity index (χ0n) is 8.69. The highest BCUT2D eigenvalue weighted by atomic mass is 32.2. The predicted molar refractivity (Wildman–Crippen MR) is 54.6 cm³/mol. The van der Waals surface area contributed by atoms with Crippen molar-refractivity contribution >= 4 is 10.0 Å². The molecule has 0 aromatic heterocycles. The van der Waals surface area contributed by atoms with Gasteiger partial charge in [0.25, 0.3) is 0 Å². The Labute approximate surface area is 85.5 Å². The van der Waals surface area contributed by atoms with Crippen LogP contribution in [0.5, 0.6) is 0 Å². The standard InChI is InChI=1S/C8H19NO4S/c1-3-8(7-10)9-14(11,12)6-5-13-4-2/h8-10H,3-7H2,1-2H3/t8-/m0/s1. The molecule has 0 radical (unpaired) electrons. The lowest BCUT2D eigenvalue weighted by molar-refractivity contribution is 0.163. The van der Waals surface area contributed by atoms with Gasteiger partial charge in [0.1, 0.15) is 0 Å². The van der Waals surface area contributed by atoms with E-state index in [-0.39, 0.29) is 25.0 Å². The van der Waals surface area contributed by atoms with Crippen LogP contribution in [0.4, 0.5) is 0 Å². The van der Waals surface area contributed by atoms with Crippen LogP contribution in [0, 0.1) is 0 Å². The minimum absolute atomic E-state index is 0.0582. The van der Waals surface area contributed by atoms with E-state index in [0.29, 0.717) is 13.0 Å². The summed E-state index contributed by atoms with van der Waals surface area (Å²) in [6.45, 7) is 4.14. The van der Waals surface area contributed by atoms with E-state index < -0.39 is 10.0 Å². The molecule has 0 bridgehead atoms. The first-order valence-corrected chi connectivity index (χ1v) is 6.39. The Morgan fingerprint density at radius 3 is 2.50 bits per heavy atom. The molecule has 0 fully saturated rings. The van der Waals surface area contributed by atoms with Crippen LogP contribution in [0.15, 0.2) is 0 Å². The second-order valence-electron chi connectivity index (χ2n) is 2.92. The average molecular weight is 225 g/mol. The third kappa shape index (κ3) is 6.31. The molecule has 0 saturated heterocycles. The molecule has 86 valence electrons. The first-order valence-electron chi connectivity index (χ1n) is 4.74. The average Bonchev–Trinajstić information content (AvgIpc) is 2.14. The van der Waals surface area contributed by atoms with Gasteiger partial charge < -0.3 is 9.84 Å². The molecule has 2 N–H and O–H groups in total. The van der Waals surface area contributed by atoms with Gasteiger partial charge in [-0.3, -0.25) is 0 Å². The summed E-state index contributed by atoms with van der Waals surface area (Å²) in [7, 11) is -3.31. The van der Waals surface area contributed by atoms with Crippen molar-refractivity contribution in [3.8, 4) is 0 Å². The van der Waals surface area contributed by atoms with E-state index in [4.69, 9.17) is 9.84 Å². The molecule has 5 nitrogen and oxygen atoms in total. The largest absolute Gasteiger partial charge is 0.395 e. The van der Waals surface area contributed by atoms with Crippen LogP contribution in [-0.4, -0.2) is 45.1 Å². The lowest BCUT2D eigenvalue weighted by Crippen LogP contribution is -2.39. The fraction of sp³-hybridized carbons (Fsp3) is 1.00. The van der Waals surface area contributed by atoms with Gasteiger partial charge in [-0.25, -0.2) is 13.1 Å². The van der Waals surface area contributed by atoms with E-state index in [2.05, 4.69) is 4.72 Å². The number of ether oxygens (including phenoxy) is 1. The number of hydrogen-bond acceptors (Lipinski definition) is 4. The Bertz CT molecular complexity index is 223. The minimum Gasteiger partial charge on any atom is -0.395 e. The Morgan fingerprint density at radius 2 is 2.07 bits per heavy atom. The first-order chi connectivity index (χ1) is 6.55. The maximum Gasteiger partial charge on any atom is 0.214 e. The van der Waals surface area contributed by atoms with E-state index in [1.165, 1.54) is 0 Å². The molecule has 0 saturated carbocycles. The van der Waals surface area contributed by atoms with E-state index in [9.17, 15) is 8.42 Å². The summed E-state index contributed by atoms with van der Waals surface area (Å²) in [5.74, 6) is -0.0582. The summed E-state index contributed by atoms with van der Waals surface area (Å²) in [4.78, 5) is 0. The molecule has 0 aliphatic heterocycles. The molecular formula is C8H19NO4S. The maximum atomic E-state index is 11.3. The van der Waals surface area contributed by atoms with Gasteiger partial charge in [0.15, 0.2) is 0 Å². The number of aliphatic hydroxyl groups excluding tert-OH is 1. The lowest BCUT2D eigenvalue weighted by atomic mass is 10.3. The van der Waals surface area contributed by atoms with E-state index in [0.717, 1.165) is 0 Å². The molecule has 0 aliphatic rings. The molecule has 6 heteroatoms. The fourth-order valence-electron chi connectivity index (χ4n) is 0.876. The van der Waals surface area contributed by atoms with Crippen LogP contribution in [0.1, 0.15) is 20.3 Å². The van der Waals surface area contributed by atoms with Gasteiger partial charge in [-0.2, -0.15) is 0 Å². The first kappa shape index (κ1) is 13.8. The zero-order valence-corrected chi connectivity index (χ0v) is 9.51. The van der Waals surface area contributed by atoms with Gasteiger partial charge in [-0.15, -0.1) is 0 Å². The van der Waals surface area contributed by atoms with Gasteiger partial charge in [0.2, 0.25) is 10.0 Å². The number of rotatable bonds is 8. The maximum absolute atomic E-state index is 11.3. The highest BCUT2D eigenvalue weighted by Crippen LogP contribution is 1.94. The van der Waals surface area contributed by atoms with Gasteiger partial charge in [0, 0.05) is 12.6 Å². The van der Waals surface area contributed by atoms with Crippen molar-refractivity contribution in [1.82, 2.24) is 4.72 Å². The van der Waals surface area contributed by atoms with Crippen molar-refractivity contribution in [2.45, 2.75) is 26.3 Å². The second-order valence-corrected chi connectivity index (χ2v) is 4.79. The van der Waals surface area contributed by atoms with E-state index in [1.54, 1.807) is 0 Å². The number of nitrogens with one attached hydrogen (secondary N) is 1. The molecule has 0 aromatic carbocycles. The third-order valence-corrected chi connectivity index (χ3v) is 3.16. The Kier molecular flexibility index (Phi) is 7.08. The van der Waals surface area contributed by atoms with Crippen molar-refractivity contribution < 1.29 is 18.3 Å². The topological polar surface area (TPSA) is 75.6 Å². The van der Waals surface area contributed by atoms with E-state index in [1.807, 2.05) is 13.8 Å². The summed E-state index contributed by atoms with van der Waals surface area (Å²) in [5, 5.41) is 8.80. The normalized spacial score (nSPS) is 14.2. The third-order valence-electron chi connectivity index (χ3n) is 1.76.